The van der Waals surface area contributed by atoms with Gasteiger partial charge in [-0.2, -0.15) is 5.26 Å². The predicted octanol–water partition coefficient (Wildman–Crippen LogP) is 3.45. The number of hydrogen-bond acceptors (Lipinski definition) is 5. The summed E-state index contributed by atoms with van der Waals surface area (Å²) in [5.74, 6) is 1.48. The second-order valence-electron chi connectivity index (χ2n) is 5.68. The van der Waals surface area contributed by atoms with Crippen LogP contribution in [0.25, 0.3) is 11.3 Å². The first-order valence-electron chi connectivity index (χ1n) is 7.61. The van der Waals surface area contributed by atoms with E-state index in [9.17, 15) is 14.9 Å². The first kappa shape index (κ1) is 16.3. The number of nitriles is 1. The molecule has 0 bridgehead atoms. The van der Waals surface area contributed by atoms with Crippen LogP contribution in [0.15, 0.2) is 40.8 Å². The van der Waals surface area contributed by atoms with Crippen molar-refractivity contribution in [2.24, 2.45) is 5.92 Å². The minimum atomic E-state index is -0.0744. The molecule has 1 atom stereocenters. The van der Waals surface area contributed by atoms with Gasteiger partial charge in [0.2, 0.25) is 11.8 Å². The minimum absolute atomic E-state index is 0.0444. The topological polar surface area (TPSA) is 74.3 Å². The van der Waals surface area contributed by atoms with Gasteiger partial charge in [-0.3, -0.25) is 14.5 Å². The first-order chi connectivity index (χ1) is 11.6. The molecule has 1 fully saturated rings. The fraction of sp³-hybridized carbons (Fsp3) is 0.278. The van der Waals surface area contributed by atoms with E-state index in [1.807, 2.05) is 30.3 Å². The summed E-state index contributed by atoms with van der Waals surface area (Å²) in [5.41, 5.74) is 1.21. The molecular weight excluding hydrogens is 324 g/mol. The van der Waals surface area contributed by atoms with E-state index < -0.39 is 0 Å². The van der Waals surface area contributed by atoms with Crippen molar-refractivity contribution in [1.29, 1.82) is 5.26 Å². The minimum Gasteiger partial charge on any atom is -0.439 e. The lowest BCUT2D eigenvalue weighted by Gasteiger charge is -2.13. The Morgan fingerprint density at radius 1 is 1.42 bits per heavy atom. The van der Waals surface area contributed by atoms with E-state index in [0.29, 0.717) is 35.9 Å². The van der Waals surface area contributed by atoms with Gasteiger partial charge in [-0.25, -0.2) is 0 Å². The molecule has 0 saturated carbocycles. The number of amides is 1. The van der Waals surface area contributed by atoms with Crippen molar-refractivity contribution in [1.82, 2.24) is 0 Å². The molecule has 0 N–H and O–H groups in total. The summed E-state index contributed by atoms with van der Waals surface area (Å²) in [6, 6.07) is 13.2. The molecular formula is C18H16N2O3S. The van der Waals surface area contributed by atoms with Crippen molar-refractivity contribution < 1.29 is 14.0 Å². The van der Waals surface area contributed by atoms with Crippen LogP contribution in [0.3, 0.4) is 0 Å². The molecule has 1 aromatic heterocycles. The van der Waals surface area contributed by atoms with E-state index in [1.165, 1.54) is 23.6 Å². The van der Waals surface area contributed by atoms with E-state index in [1.54, 1.807) is 6.07 Å². The van der Waals surface area contributed by atoms with Crippen molar-refractivity contribution in [3.63, 3.8) is 0 Å². The van der Waals surface area contributed by atoms with Crippen LogP contribution in [-0.2, 0) is 9.59 Å². The van der Waals surface area contributed by atoms with Crippen molar-refractivity contribution in [3.8, 4) is 17.4 Å². The van der Waals surface area contributed by atoms with E-state index in [2.05, 4.69) is 6.07 Å². The number of nitrogens with zero attached hydrogens (tertiary/aromatic N) is 2. The highest BCUT2D eigenvalue weighted by Crippen LogP contribution is 2.35. The Hall–Kier alpha value is -2.52. The third-order valence-electron chi connectivity index (χ3n) is 3.86. The molecule has 1 amide bonds. The molecule has 0 spiro atoms. The molecule has 24 heavy (non-hydrogen) atoms. The van der Waals surface area contributed by atoms with Crippen LogP contribution in [0.5, 0.6) is 0 Å². The molecule has 1 aromatic carbocycles. The zero-order valence-electron chi connectivity index (χ0n) is 13.2. The van der Waals surface area contributed by atoms with Crippen LogP contribution in [0, 0.1) is 17.2 Å². The summed E-state index contributed by atoms with van der Waals surface area (Å²) in [6.07, 6.45) is 0.368. The highest BCUT2D eigenvalue weighted by Gasteiger charge is 2.34. The van der Waals surface area contributed by atoms with Crippen LogP contribution in [0.1, 0.15) is 18.9 Å². The van der Waals surface area contributed by atoms with Crippen molar-refractivity contribution >= 4 is 28.7 Å². The molecule has 0 aliphatic carbocycles. The third kappa shape index (κ3) is 3.36. The van der Waals surface area contributed by atoms with Gasteiger partial charge in [0, 0.05) is 37.3 Å². The largest absolute Gasteiger partial charge is 0.439 e. The predicted molar refractivity (Wildman–Crippen MR) is 92.5 cm³/mol. The Balaban J connectivity index is 1.84. The number of benzene rings is 1. The lowest BCUT2D eigenvalue weighted by molar-refractivity contribution is -0.117. The van der Waals surface area contributed by atoms with Crippen LogP contribution >= 0.6 is 11.8 Å². The van der Waals surface area contributed by atoms with Crippen LogP contribution < -0.4 is 4.90 Å². The van der Waals surface area contributed by atoms with Gasteiger partial charge in [-0.1, -0.05) is 42.1 Å². The molecule has 5 nitrogen and oxygen atoms in total. The number of thioether (sulfide) groups is 1. The fourth-order valence-electron chi connectivity index (χ4n) is 2.73. The average molecular weight is 340 g/mol. The maximum Gasteiger partial charge on any atom is 0.229 e. The Morgan fingerprint density at radius 3 is 2.83 bits per heavy atom. The lowest BCUT2D eigenvalue weighted by atomic mass is 10.1. The van der Waals surface area contributed by atoms with Crippen LogP contribution in [-0.4, -0.2) is 23.3 Å². The molecule has 0 radical (unpaired) electrons. The zero-order valence-corrected chi connectivity index (χ0v) is 14.0. The van der Waals surface area contributed by atoms with Crippen LogP contribution in [0.2, 0.25) is 0 Å². The Kier molecular flexibility index (Phi) is 4.72. The third-order valence-corrected chi connectivity index (χ3v) is 4.91. The highest BCUT2D eigenvalue weighted by molar-refractivity contribution is 8.13. The maximum atomic E-state index is 12.3. The maximum absolute atomic E-state index is 12.3. The van der Waals surface area contributed by atoms with Gasteiger partial charge < -0.3 is 4.42 Å². The second kappa shape index (κ2) is 6.93. The Morgan fingerprint density at radius 2 is 2.17 bits per heavy atom. The summed E-state index contributed by atoms with van der Waals surface area (Å²) in [4.78, 5) is 24.9. The number of anilines is 1. The van der Waals surface area contributed by atoms with Gasteiger partial charge in [0.05, 0.1) is 0 Å². The smallest absolute Gasteiger partial charge is 0.229 e. The molecule has 3 rings (SSSR count). The van der Waals surface area contributed by atoms with Gasteiger partial charge in [0.1, 0.15) is 17.4 Å². The summed E-state index contributed by atoms with van der Waals surface area (Å²) >= 11 is 1.23. The van der Waals surface area contributed by atoms with E-state index in [-0.39, 0.29) is 16.9 Å². The normalized spacial score (nSPS) is 17.1. The number of carbonyl (C=O) groups excluding carboxylic acids is 2. The monoisotopic (exact) mass is 340 g/mol. The van der Waals surface area contributed by atoms with Gasteiger partial charge in [0.25, 0.3) is 0 Å². The molecule has 1 unspecified atom stereocenters. The molecule has 2 aromatic rings. The second-order valence-corrected chi connectivity index (χ2v) is 6.88. The molecule has 1 aliphatic rings. The van der Waals surface area contributed by atoms with Crippen molar-refractivity contribution in [3.05, 3.63) is 42.0 Å². The van der Waals surface area contributed by atoms with E-state index >= 15 is 0 Å². The summed E-state index contributed by atoms with van der Waals surface area (Å²) in [6.45, 7) is 1.99. The number of furan rings is 1. The van der Waals surface area contributed by atoms with Crippen molar-refractivity contribution in [2.75, 3.05) is 17.2 Å². The van der Waals surface area contributed by atoms with Gasteiger partial charge in [0.15, 0.2) is 5.12 Å². The van der Waals surface area contributed by atoms with Crippen molar-refractivity contribution in [2.45, 2.75) is 13.3 Å². The Bertz CT molecular complexity index is 807. The van der Waals surface area contributed by atoms with Crippen LogP contribution in [0.4, 0.5) is 5.88 Å². The summed E-state index contributed by atoms with van der Waals surface area (Å²) < 4.78 is 5.83. The number of hydrogen-bond donors (Lipinski definition) is 0. The van der Waals surface area contributed by atoms with Gasteiger partial charge in [-0.05, 0) is 5.92 Å². The molecule has 1 saturated heterocycles. The lowest BCUT2D eigenvalue weighted by Crippen LogP contribution is -2.25. The Labute approximate surface area is 144 Å². The van der Waals surface area contributed by atoms with E-state index in [0.717, 1.165) is 5.56 Å². The fourth-order valence-corrected chi connectivity index (χ4v) is 3.43. The standard InChI is InChI=1S/C18H16N2O3S/c1-12(21)24-11-13-7-17(22)20(10-13)18-15(9-19)8-16(23-18)14-5-3-2-4-6-14/h2-6,8,13H,7,10-11H2,1H3. The molecule has 122 valence electrons. The molecule has 1 aliphatic heterocycles. The average Bonchev–Trinajstić information content (AvgIpc) is 3.16. The van der Waals surface area contributed by atoms with E-state index in [4.69, 9.17) is 4.42 Å². The highest BCUT2D eigenvalue weighted by atomic mass is 32.2. The summed E-state index contributed by atoms with van der Waals surface area (Å²) in [7, 11) is 0. The van der Waals surface area contributed by atoms with Gasteiger partial charge >= 0.3 is 0 Å². The SMILES string of the molecule is CC(=O)SCC1CC(=O)N(c2oc(-c3ccccc3)cc2C#N)C1. The van der Waals surface area contributed by atoms with Gasteiger partial charge in [-0.15, -0.1) is 0 Å². The molecule has 6 heteroatoms. The quantitative estimate of drug-likeness (QED) is 0.852. The zero-order chi connectivity index (χ0) is 17.1. The number of rotatable bonds is 4. The summed E-state index contributed by atoms with van der Waals surface area (Å²) in [5, 5.41) is 9.42. The molecule has 2 heterocycles. The first-order valence-corrected chi connectivity index (χ1v) is 8.60. The number of carbonyl (C=O) groups is 2.